The van der Waals surface area contributed by atoms with Crippen molar-refractivity contribution in [3.63, 3.8) is 0 Å². The van der Waals surface area contributed by atoms with E-state index >= 15 is 0 Å². The van der Waals surface area contributed by atoms with E-state index in [2.05, 4.69) is 4.72 Å². The molecule has 2 aliphatic rings. The molecule has 0 radical (unpaired) electrons. The minimum atomic E-state index is -3.65. The van der Waals surface area contributed by atoms with Gasteiger partial charge in [0.1, 0.15) is 0 Å². The molecule has 2 fully saturated rings. The summed E-state index contributed by atoms with van der Waals surface area (Å²) in [5.41, 5.74) is 0.289. The molecule has 0 atom stereocenters. The second-order valence-corrected chi connectivity index (χ2v) is 9.48. The van der Waals surface area contributed by atoms with E-state index < -0.39 is 10.0 Å². The Kier molecular flexibility index (Phi) is 5.99. The standard InChI is InChI=1S/C19H28N2O4S/c1-19(14-25-15-19)13-20-26(23,24)17-9-7-8-16(12-17)18(22)21-10-5-3-2-4-6-11-21/h7-9,12,20H,2-6,10-11,13-15H2,1H3. The molecule has 0 spiro atoms. The molecular formula is C19H28N2O4S. The predicted octanol–water partition coefficient (Wildman–Crippen LogP) is 2.41. The summed E-state index contributed by atoms with van der Waals surface area (Å²) in [6.07, 6.45) is 5.53. The number of sulfonamides is 1. The summed E-state index contributed by atoms with van der Waals surface area (Å²) in [5, 5.41) is 0. The minimum absolute atomic E-state index is 0.0803. The molecule has 2 heterocycles. The third-order valence-electron chi connectivity index (χ3n) is 5.12. The van der Waals surface area contributed by atoms with Crippen molar-refractivity contribution in [2.45, 2.75) is 43.9 Å². The molecule has 2 saturated heterocycles. The van der Waals surface area contributed by atoms with E-state index in [-0.39, 0.29) is 16.2 Å². The second-order valence-electron chi connectivity index (χ2n) is 7.72. The lowest BCUT2D eigenvalue weighted by molar-refractivity contribution is -0.0965. The third-order valence-corrected chi connectivity index (χ3v) is 6.52. The Hall–Kier alpha value is -1.44. The van der Waals surface area contributed by atoms with Gasteiger partial charge in [-0.2, -0.15) is 0 Å². The first-order chi connectivity index (χ1) is 12.4. The topological polar surface area (TPSA) is 75.7 Å². The molecule has 1 amide bonds. The van der Waals surface area contributed by atoms with Gasteiger partial charge in [0.05, 0.1) is 18.1 Å². The zero-order valence-electron chi connectivity index (χ0n) is 15.4. The van der Waals surface area contributed by atoms with E-state index in [4.69, 9.17) is 4.74 Å². The second kappa shape index (κ2) is 8.06. The highest BCUT2D eigenvalue weighted by Gasteiger charge is 2.34. The third kappa shape index (κ3) is 4.64. The van der Waals surface area contributed by atoms with Gasteiger partial charge in [0.25, 0.3) is 5.91 Å². The molecule has 0 unspecified atom stereocenters. The lowest BCUT2D eigenvalue weighted by Crippen LogP contribution is -2.48. The summed E-state index contributed by atoms with van der Waals surface area (Å²) in [7, 11) is -3.65. The van der Waals surface area contributed by atoms with E-state index in [9.17, 15) is 13.2 Å². The van der Waals surface area contributed by atoms with Gasteiger partial charge in [0.15, 0.2) is 0 Å². The molecule has 7 heteroatoms. The van der Waals surface area contributed by atoms with E-state index in [0.29, 0.717) is 25.3 Å². The predicted molar refractivity (Wildman–Crippen MR) is 99.5 cm³/mol. The number of hydrogen-bond acceptors (Lipinski definition) is 4. The molecule has 144 valence electrons. The van der Waals surface area contributed by atoms with Crippen molar-refractivity contribution in [3.05, 3.63) is 29.8 Å². The monoisotopic (exact) mass is 380 g/mol. The Morgan fingerprint density at radius 3 is 2.42 bits per heavy atom. The van der Waals surface area contributed by atoms with Crippen molar-refractivity contribution in [2.24, 2.45) is 5.41 Å². The zero-order valence-corrected chi connectivity index (χ0v) is 16.2. The van der Waals surface area contributed by atoms with Crippen LogP contribution in [0.4, 0.5) is 0 Å². The number of carbonyl (C=O) groups is 1. The van der Waals surface area contributed by atoms with Crippen LogP contribution in [0.15, 0.2) is 29.2 Å². The molecule has 3 rings (SSSR count). The van der Waals surface area contributed by atoms with Crippen LogP contribution in [0.2, 0.25) is 0 Å². The SMILES string of the molecule is CC1(CNS(=O)(=O)c2cccc(C(=O)N3CCCCCCC3)c2)COC1. The first kappa shape index (κ1) is 19.3. The van der Waals surface area contributed by atoms with Crippen LogP contribution in [0.1, 0.15) is 49.4 Å². The van der Waals surface area contributed by atoms with E-state index in [1.165, 1.54) is 18.6 Å². The number of rotatable bonds is 5. The largest absolute Gasteiger partial charge is 0.380 e. The number of ether oxygens (including phenoxy) is 1. The van der Waals surface area contributed by atoms with Crippen LogP contribution in [0.3, 0.4) is 0 Å². The van der Waals surface area contributed by atoms with Gasteiger partial charge in [-0.25, -0.2) is 13.1 Å². The molecule has 26 heavy (non-hydrogen) atoms. The van der Waals surface area contributed by atoms with Gasteiger partial charge in [0, 0.05) is 30.6 Å². The lowest BCUT2D eigenvalue weighted by atomic mass is 9.89. The average Bonchev–Trinajstić information content (AvgIpc) is 2.58. The van der Waals surface area contributed by atoms with Crippen molar-refractivity contribution >= 4 is 15.9 Å². The lowest BCUT2D eigenvalue weighted by Gasteiger charge is -2.37. The number of nitrogens with one attached hydrogen (secondary N) is 1. The molecular weight excluding hydrogens is 352 g/mol. The molecule has 2 aliphatic heterocycles. The smallest absolute Gasteiger partial charge is 0.253 e. The van der Waals surface area contributed by atoms with E-state index in [0.717, 1.165) is 38.8 Å². The maximum atomic E-state index is 12.8. The molecule has 6 nitrogen and oxygen atoms in total. The van der Waals surface area contributed by atoms with Gasteiger partial charge in [-0.15, -0.1) is 0 Å². The van der Waals surface area contributed by atoms with Crippen LogP contribution in [0.25, 0.3) is 0 Å². The number of carbonyl (C=O) groups excluding carboxylic acids is 1. The van der Waals surface area contributed by atoms with E-state index in [1.807, 2.05) is 11.8 Å². The number of benzene rings is 1. The fourth-order valence-electron chi connectivity index (χ4n) is 3.33. The van der Waals surface area contributed by atoms with Gasteiger partial charge in [-0.1, -0.05) is 32.3 Å². The Balaban J connectivity index is 1.71. The maximum Gasteiger partial charge on any atom is 0.253 e. The van der Waals surface area contributed by atoms with Crippen LogP contribution in [-0.4, -0.2) is 52.1 Å². The fraction of sp³-hybridized carbons (Fsp3) is 0.632. The van der Waals surface area contributed by atoms with Gasteiger partial charge in [0.2, 0.25) is 10.0 Å². The summed E-state index contributed by atoms with van der Waals surface area (Å²) in [4.78, 5) is 14.8. The highest BCUT2D eigenvalue weighted by Crippen LogP contribution is 2.26. The molecule has 1 N–H and O–H groups in total. The van der Waals surface area contributed by atoms with Crippen molar-refractivity contribution < 1.29 is 17.9 Å². The van der Waals surface area contributed by atoms with Crippen LogP contribution in [-0.2, 0) is 14.8 Å². The molecule has 1 aromatic rings. The Bertz CT molecular complexity index is 736. The summed E-state index contributed by atoms with van der Waals surface area (Å²) >= 11 is 0. The maximum absolute atomic E-state index is 12.8. The Labute approximate surface area is 156 Å². The summed E-state index contributed by atoms with van der Waals surface area (Å²) in [5.74, 6) is -0.0803. The van der Waals surface area contributed by atoms with Gasteiger partial charge in [-0.05, 0) is 31.0 Å². The minimum Gasteiger partial charge on any atom is -0.380 e. The summed E-state index contributed by atoms with van der Waals surface area (Å²) < 4.78 is 33.0. The molecule has 0 aliphatic carbocycles. The molecule has 1 aromatic carbocycles. The van der Waals surface area contributed by atoms with Crippen LogP contribution in [0.5, 0.6) is 0 Å². The van der Waals surface area contributed by atoms with Crippen molar-refractivity contribution in [3.8, 4) is 0 Å². The zero-order chi connectivity index (χ0) is 18.6. The van der Waals surface area contributed by atoms with E-state index in [1.54, 1.807) is 12.1 Å². The number of amides is 1. The van der Waals surface area contributed by atoms with Crippen molar-refractivity contribution in [2.75, 3.05) is 32.8 Å². The van der Waals surface area contributed by atoms with Crippen LogP contribution in [0, 0.1) is 5.41 Å². The quantitative estimate of drug-likeness (QED) is 0.851. The van der Waals surface area contributed by atoms with Gasteiger partial charge in [-0.3, -0.25) is 4.79 Å². The number of nitrogens with zero attached hydrogens (tertiary/aromatic N) is 1. The number of hydrogen-bond donors (Lipinski definition) is 1. The summed E-state index contributed by atoms with van der Waals surface area (Å²) in [6, 6.07) is 6.36. The highest BCUT2D eigenvalue weighted by molar-refractivity contribution is 7.89. The number of likely N-dealkylation sites (tertiary alicyclic amines) is 1. The molecule has 0 saturated carbocycles. The highest BCUT2D eigenvalue weighted by atomic mass is 32.2. The Morgan fingerprint density at radius 2 is 1.81 bits per heavy atom. The van der Waals surface area contributed by atoms with Crippen LogP contribution < -0.4 is 4.72 Å². The van der Waals surface area contributed by atoms with Gasteiger partial charge < -0.3 is 9.64 Å². The molecule has 0 aromatic heterocycles. The first-order valence-electron chi connectivity index (χ1n) is 9.36. The Morgan fingerprint density at radius 1 is 1.15 bits per heavy atom. The molecule has 0 bridgehead atoms. The first-order valence-corrected chi connectivity index (χ1v) is 10.8. The average molecular weight is 381 g/mol. The van der Waals surface area contributed by atoms with Crippen molar-refractivity contribution in [1.29, 1.82) is 0 Å². The van der Waals surface area contributed by atoms with Crippen LogP contribution >= 0.6 is 0 Å². The van der Waals surface area contributed by atoms with Gasteiger partial charge >= 0.3 is 0 Å². The summed E-state index contributed by atoms with van der Waals surface area (Å²) in [6.45, 7) is 4.92. The normalized spacial score (nSPS) is 20.7. The fourth-order valence-corrected chi connectivity index (χ4v) is 4.58. The van der Waals surface area contributed by atoms with Crippen molar-refractivity contribution in [1.82, 2.24) is 9.62 Å².